The van der Waals surface area contributed by atoms with Crippen molar-refractivity contribution in [2.75, 3.05) is 26.6 Å². The van der Waals surface area contributed by atoms with Crippen LogP contribution in [0, 0.1) is 0 Å². The van der Waals surface area contributed by atoms with E-state index in [0.717, 1.165) is 67.9 Å². The quantitative estimate of drug-likeness (QED) is 0.0820. The van der Waals surface area contributed by atoms with Crippen molar-refractivity contribution in [3.8, 4) is 5.75 Å². The van der Waals surface area contributed by atoms with Gasteiger partial charge < -0.3 is 31.7 Å². The summed E-state index contributed by atoms with van der Waals surface area (Å²) in [6, 6.07) is 47.6. The van der Waals surface area contributed by atoms with Gasteiger partial charge in [0.25, 0.3) is 0 Å². The second kappa shape index (κ2) is 14.9. The molecule has 0 saturated carbocycles. The van der Waals surface area contributed by atoms with Gasteiger partial charge in [-0.05, 0) is 149 Å². The fourth-order valence-corrected chi connectivity index (χ4v) is 5.91. The van der Waals surface area contributed by atoms with Gasteiger partial charge in [0.1, 0.15) is 5.75 Å². The maximum absolute atomic E-state index is 11.1. The summed E-state index contributed by atoms with van der Waals surface area (Å²) in [5.74, 6) is 0.413. The highest BCUT2D eigenvalue weighted by Gasteiger charge is 2.26. The second-order valence-corrected chi connectivity index (χ2v) is 15.1. The van der Waals surface area contributed by atoms with E-state index in [9.17, 15) is 5.11 Å². The third kappa shape index (κ3) is 9.43. The predicted molar refractivity (Wildman–Crippen MR) is 218 cm³/mol. The summed E-state index contributed by atoms with van der Waals surface area (Å²) in [6.07, 6.45) is 0. The number of aromatic hydroxyl groups is 1. The Kier molecular flexibility index (Phi) is 10.2. The van der Waals surface area contributed by atoms with Crippen molar-refractivity contribution in [2.24, 2.45) is 0 Å². The highest BCUT2D eigenvalue weighted by molar-refractivity contribution is 5.70. The molecule has 0 radical (unpaired) electrons. The lowest BCUT2D eigenvalue weighted by atomic mass is 9.78. The number of anilines is 9. The van der Waals surface area contributed by atoms with Gasteiger partial charge >= 0.3 is 0 Å². The smallest absolute Gasteiger partial charge is 0.123 e. The molecule has 0 atom stereocenters. The van der Waals surface area contributed by atoms with Crippen LogP contribution in [0.3, 0.4) is 0 Å². The Bertz CT molecular complexity index is 1990. The van der Waals surface area contributed by atoms with E-state index in [4.69, 9.17) is 0 Å². The first kappa shape index (κ1) is 35.0. The number of hydrogen-bond donors (Lipinski definition) is 6. The molecule has 0 saturated heterocycles. The van der Waals surface area contributed by atoms with Crippen LogP contribution in [0.15, 0.2) is 140 Å². The lowest BCUT2D eigenvalue weighted by Crippen LogP contribution is -2.18. The van der Waals surface area contributed by atoms with Gasteiger partial charge in [-0.15, -0.1) is 0 Å². The molecule has 0 bridgehead atoms. The number of rotatable bonds is 11. The zero-order chi connectivity index (χ0) is 36.0. The van der Waals surface area contributed by atoms with Gasteiger partial charge in [-0.2, -0.15) is 0 Å². The molecule has 0 amide bonds. The number of phenols is 1. The minimum Gasteiger partial charge on any atom is -0.507 e. The Balaban J connectivity index is 0.995. The van der Waals surface area contributed by atoms with Crippen molar-refractivity contribution < 1.29 is 5.11 Å². The van der Waals surface area contributed by atoms with Crippen molar-refractivity contribution in [1.29, 1.82) is 0 Å². The molecular weight excluding hydrogens is 627 g/mol. The van der Waals surface area contributed by atoms with Crippen molar-refractivity contribution in [3.05, 3.63) is 156 Å². The minimum absolute atomic E-state index is 0.152. The largest absolute Gasteiger partial charge is 0.507 e. The molecule has 6 nitrogen and oxygen atoms in total. The van der Waals surface area contributed by atoms with E-state index < -0.39 is 0 Å². The molecule has 6 N–H and O–H groups in total. The summed E-state index contributed by atoms with van der Waals surface area (Å²) in [6.45, 7) is 13.5. The third-order valence-electron chi connectivity index (χ3n) is 8.75. The average Bonchev–Trinajstić information content (AvgIpc) is 3.10. The van der Waals surface area contributed by atoms with E-state index in [0.29, 0.717) is 12.3 Å². The number of phenolic OH excluding ortho intramolecular Hbond substituents is 1. The monoisotopic (exact) mass is 675 g/mol. The number of nitrogens with one attached hydrogen (secondary N) is 5. The molecule has 51 heavy (non-hydrogen) atoms. The minimum atomic E-state index is -0.152. The first-order chi connectivity index (χ1) is 24.4. The maximum atomic E-state index is 11.1. The van der Waals surface area contributed by atoms with Crippen LogP contribution in [0.1, 0.15) is 58.2 Å². The SMILES string of the molecule is CC(C)(C)c1cc(CNc2ccc(Nc3ccc(Nc4ccc(Nc5ccc(Nc6ccccc6)cc5)cc4)cc3)cc2)cc(C(C)(C)C)c1O. The summed E-state index contributed by atoms with van der Waals surface area (Å²) >= 11 is 0. The Morgan fingerprint density at radius 3 is 0.961 bits per heavy atom. The topological polar surface area (TPSA) is 80.4 Å². The summed E-state index contributed by atoms with van der Waals surface area (Å²) < 4.78 is 0. The van der Waals surface area contributed by atoms with Crippen LogP contribution in [-0.2, 0) is 17.4 Å². The van der Waals surface area contributed by atoms with Crippen molar-refractivity contribution >= 4 is 51.2 Å². The van der Waals surface area contributed by atoms with Gasteiger partial charge in [0, 0.05) is 57.7 Å². The van der Waals surface area contributed by atoms with Gasteiger partial charge in [-0.1, -0.05) is 59.7 Å². The van der Waals surface area contributed by atoms with Crippen LogP contribution >= 0.6 is 0 Å². The lowest BCUT2D eigenvalue weighted by Gasteiger charge is -2.28. The molecule has 0 aliphatic heterocycles. The molecule has 0 fully saturated rings. The standard InChI is InChI=1S/C45H49N5O/c1-44(2,3)41-28-31(29-42(43(41)51)45(4,5)6)30-46-32-12-14-34(15-13-32)48-36-20-22-38(23-21-36)50-40-26-24-39(25-27-40)49-37-18-16-35(17-19-37)47-33-10-8-7-9-11-33/h7-29,46-51H,30H2,1-6H3. The molecule has 0 unspecified atom stereocenters. The number of benzene rings is 6. The lowest BCUT2D eigenvalue weighted by molar-refractivity contribution is 0.423. The Morgan fingerprint density at radius 1 is 0.392 bits per heavy atom. The highest BCUT2D eigenvalue weighted by Crippen LogP contribution is 2.40. The summed E-state index contributed by atoms with van der Waals surface area (Å²) in [5.41, 5.74) is 12.1. The second-order valence-electron chi connectivity index (χ2n) is 15.1. The first-order valence-corrected chi connectivity index (χ1v) is 17.5. The fourth-order valence-electron chi connectivity index (χ4n) is 5.91. The van der Waals surface area contributed by atoms with Crippen molar-refractivity contribution in [1.82, 2.24) is 0 Å². The fraction of sp³-hybridized carbons (Fsp3) is 0.200. The Labute approximate surface area is 303 Å². The van der Waals surface area contributed by atoms with Gasteiger partial charge in [0.15, 0.2) is 0 Å². The molecule has 6 aromatic rings. The van der Waals surface area contributed by atoms with Crippen LogP contribution in [0.5, 0.6) is 5.75 Å². The Morgan fingerprint density at radius 2 is 0.667 bits per heavy atom. The molecule has 0 spiro atoms. The number of hydrogen-bond acceptors (Lipinski definition) is 6. The van der Waals surface area contributed by atoms with Gasteiger partial charge in [0.05, 0.1) is 0 Å². The summed E-state index contributed by atoms with van der Waals surface area (Å²) in [5, 5.41) is 28.5. The van der Waals surface area contributed by atoms with Crippen LogP contribution in [0.25, 0.3) is 0 Å². The summed E-state index contributed by atoms with van der Waals surface area (Å²) in [7, 11) is 0. The zero-order valence-electron chi connectivity index (χ0n) is 30.4. The van der Waals surface area contributed by atoms with Crippen LogP contribution in [0.2, 0.25) is 0 Å². The first-order valence-electron chi connectivity index (χ1n) is 17.5. The number of para-hydroxylation sites is 1. The maximum Gasteiger partial charge on any atom is 0.123 e. The molecular formula is C45H49N5O. The molecule has 6 aromatic carbocycles. The van der Waals surface area contributed by atoms with E-state index >= 15 is 0 Å². The van der Waals surface area contributed by atoms with Crippen LogP contribution in [0.4, 0.5) is 51.2 Å². The predicted octanol–water partition coefficient (Wildman–Crippen LogP) is 12.6. The Hall–Kier alpha value is -5.88. The van der Waals surface area contributed by atoms with Crippen LogP contribution in [-0.4, -0.2) is 5.11 Å². The van der Waals surface area contributed by atoms with Crippen molar-refractivity contribution in [3.63, 3.8) is 0 Å². The molecule has 0 aliphatic rings. The van der Waals surface area contributed by atoms with Gasteiger partial charge in [0.2, 0.25) is 0 Å². The van der Waals surface area contributed by atoms with E-state index in [-0.39, 0.29) is 10.8 Å². The van der Waals surface area contributed by atoms with Gasteiger partial charge in [-0.3, -0.25) is 0 Å². The molecule has 0 aromatic heterocycles. The normalized spacial score (nSPS) is 11.5. The van der Waals surface area contributed by atoms with E-state index in [2.05, 4.69) is 189 Å². The van der Waals surface area contributed by atoms with E-state index in [1.165, 1.54) is 0 Å². The van der Waals surface area contributed by atoms with E-state index in [1.54, 1.807) is 0 Å². The molecule has 6 heteroatoms. The molecule has 6 rings (SSSR count). The molecule has 0 aliphatic carbocycles. The third-order valence-corrected chi connectivity index (χ3v) is 8.75. The van der Waals surface area contributed by atoms with E-state index in [1.807, 2.05) is 18.2 Å². The van der Waals surface area contributed by atoms with Crippen LogP contribution < -0.4 is 26.6 Å². The van der Waals surface area contributed by atoms with Gasteiger partial charge in [-0.25, -0.2) is 0 Å². The average molecular weight is 676 g/mol. The highest BCUT2D eigenvalue weighted by atomic mass is 16.3. The molecule has 0 heterocycles. The summed E-state index contributed by atoms with van der Waals surface area (Å²) in [4.78, 5) is 0. The van der Waals surface area contributed by atoms with Crippen molar-refractivity contribution in [2.45, 2.75) is 58.9 Å². The molecule has 260 valence electrons. The zero-order valence-corrected chi connectivity index (χ0v) is 30.4.